The molecule has 0 spiro atoms. The SMILES string of the molecule is C=c1s/c(=c2/s/c(=C3\C4=C(OCCO4)C(C)[S+]3Cc3cc(C)ccc3Oc3ccc(N4C(=O)c5ccc(Oc6ccc7c(c6)C(=O)N(C)C7=O)cc5C4=O)cc3S(=O)(=O)O)c3c2OCCO3)c2c1OCCO2. The summed E-state index contributed by atoms with van der Waals surface area (Å²) in [6, 6.07) is 17.8. The summed E-state index contributed by atoms with van der Waals surface area (Å²) in [7, 11) is -4.34. The van der Waals surface area contributed by atoms with E-state index >= 15 is 0 Å². The standard InChI is InChI=1S/C51H38N2O15S4/c1-24-5-11-35(27(19-24)23-71-26(3)39-43(66-18-14-62-39)47(71)46-42-41(64-16-17-65-42)45(70-46)44-40-38(25(2)69-44)61-13-15-63-40)68-36-12-6-28(20-37(36)72(58,59)60)53-50(56)32-10-8-30(22-34(32)51(53)57)67-29-7-9-31-33(21-29)49(55)52(4)48(31)54/h5-12,19-22,26H,2,13-18,23H2,1,3-4H3/p+1/b45-44+,47-46+. The Morgan fingerprint density at radius 2 is 1.24 bits per heavy atom. The average molecular weight is 1050 g/mol. The Labute approximate surface area is 420 Å². The molecular weight excluding hydrogens is 1010 g/mol. The number of aryl methyl sites for hydroxylation is 1. The topological polar surface area (TPSA) is 203 Å². The number of hydrogen-bond donors (Lipinski definition) is 1. The van der Waals surface area contributed by atoms with E-state index in [0.29, 0.717) is 91.2 Å². The fraction of sp³-hybridized carbons (Fsp3) is 0.216. The Kier molecular flexibility index (Phi) is 10.9. The highest BCUT2D eigenvalue weighted by atomic mass is 32.2. The van der Waals surface area contributed by atoms with Crippen molar-refractivity contribution in [2.75, 3.05) is 51.6 Å². The molecule has 6 aromatic rings. The number of thiophene rings is 2. The Hall–Kier alpha value is -7.30. The summed E-state index contributed by atoms with van der Waals surface area (Å²) in [5.41, 5.74) is 1.85. The number of amides is 4. The first kappa shape index (κ1) is 45.8. The lowest BCUT2D eigenvalue weighted by Gasteiger charge is -2.18. The molecule has 2 unspecified atom stereocenters. The van der Waals surface area contributed by atoms with Crippen LogP contribution in [0.4, 0.5) is 5.69 Å². The van der Waals surface area contributed by atoms with Gasteiger partial charge in [0.1, 0.15) is 77.8 Å². The van der Waals surface area contributed by atoms with Gasteiger partial charge in [-0.05, 0) is 80.6 Å². The zero-order valence-corrected chi connectivity index (χ0v) is 41.6. The maximum absolute atomic E-state index is 14.0. The van der Waals surface area contributed by atoms with E-state index in [4.69, 9.17) is 37.9 Å². The van der Waals surface area contributed by atoms with Crippen molar-refractivity contribution in [1.29, 1.82) is 0 Å². The van der Waals surface area contributed by atoms with E-state index in [1.807, 2.05) is 19.1 Å². The highest BCUT2D eigenvalue weighted by Gasteiger charge is 2.52. The minimum atomic E-state index is -5.04. The molecular formula is C51H39N2O15S4+. The Morgan fingerprint density at radius 3 is 1.94 bits per heavy atom. The lowest BCUT2D eigenvalue weighted by atomic mass is 10.1. The molecule has 4 aromatic carbocycles. The molecule has 17 nitrogen and oxygen atoms in total. The third-order valence-corrected chi connectivity index (χ3v) is 18.7. The predicted octanol–water partition coefficient (Wildman–Crippen LogP) is 6.80. The van der Waals surface area contributed by atoms with Crippen LogP contribution >= 0.6 is 22.7 Å². The average Bonchev–Trinajstić information content (AvgIpc) is 4.12. The monoisotopic (exact) mass is 1050 g/mol. The molecule has 2 atom stereocenters. The zero-order valence-electron chi connectivity index (χ0n) is 38.4. The number of carbonyl (C=O) groups is 4. The molecule has 8 heterocycles. The number of benzene rings is 4. The van der Waals surface area contributed by atoms with E-state index in [9.17, 15) is 32.1 Å². The van der Waals surface area contributed by atoms with Crippen LogP contribution in [-0.2, 0) is 36.2 Å². The molecule has 2 aromatic heterocycles. The molecule has 6 aliphatic rings. The lowest BCUT2D eigenvalue weighted by Crippen LogP contribution is -2.29. The highest BCUT2D eigenvalue weighted by Crippen LogP contribution is 2.48. The van der Waals surface area contributed by atoms with Crippen LogP contribution in [0.25, 0.3) is 11.5 Å². The molecule has 0 fully saturated rings. The first-order valence-corrected chi connectivity index (χ1v) is 27.0. The maximum Gasteiger partial charge on any atom is 0.298 e. The fourth-order valence-corrected chi connectivity index (χ4v) is 15.1. The number of hydrogen-bond acceptors (Lipinski definition) is 16. The van der Waals surface area contributed by atoms with Gasteiger partial charge in [-0.1, -0.05) is 18.2 Å². The van der Waals surface area contributed by atoms with Crippen LogP contribution in [0, 0.1) is 16.0 Å². The smallest absolute Gasteiger partial charge is 0.298 e. The first-order chi connectivity index (χ1) is 34.6. The van der Waals surface area contributed by atoms with Crippen LogP contribution in [0.1, 0.15) is 59.5 Å². The second-order valence-corrected chi connectivity index (χ2v) is 23.0. The van der Waals surface area contributed by atoms with Gasteiger partial charge in [0, 0.05) is 23.5 Å². The van der Waals surface area contributed by atoms with Gasteiger partial charge < -0.3 is 37.9 Å². The Bertz CT molecular complexity index is 3810. The molecule has 0 saturated heterocycles. The normalized spacial score (nSPS) is 20.1. The van der Waals surface area contributed by atoms with E-state index < -0.39 is 49.5 Å². The van der Waals surface area contributed by atoms with Crippen LogP contribution in [0.3, 0.4) is 0 Å². The van der Waals surface area contributed by atoms with Gasteiger partial charge in [0.05, 0.1) is 41.5 Å². The molecule has 6 aliphatic heterocycles. The summed E-state index contributed by atoms with van der Waals surface area (Å²) in [6.45, 7) is 10.4. The lowest BCUT2D eigenvalue weighted by molar-refractivity contribution is 0.0692. The molecule has 0 aliphatic carbocycles. The molecule has 12 rings (SSSR count). The number of anilines is 1. The Balaban J connectivity index is 0.882. The maximum atomic E-state index is 14.0. The van der Waals surface area contributed by atoms with Gasteiger partial charge in [-0.15, -0.1) is 22.7 Å². The van der Waals surface area contributed by atoms with E-state index in [-0.39, 0.29) is 50.4 Å². The van der Waals surface area contributed by atoms with Gasteiger partial charge in [0.15, 0.2) is 34.0 Å². The van der Waals surface area contributed by atoms with Crippen molar-refractivity contribution in [3.8, 4) is 46.0 Å². The minimum Gasteiger partial charge on any atom is -0.485 e. The Morgan fingerprint density at radius 1 is 0.667 bits per heavy atom. The van der Waals surface area contributed by atoms with Crippen molar-refractivity contribution < 1.29 is 70.0 Å². The molecule has 0 radical (unpaired) electrons. The first-order valence-electron chi connectivity index (χ1n) is 22.4. The van der Waals surface area contributed by atoms with Crippen molar-refractivity contribution in [3.05, 3.63) is 136 Å². The fourth-order valence-electron chi connectivity index (χ4n) is 9.35. The van der Waals surface area contributed by atoms with Gasteiger partial charge in [-0.3, -0.25) is 28.6 Å². The molecule has 0 bridgehead atoms. The quantitative estimate of drug-likeness (QED) is 0.0946. The summed E-state index contributed by atoms with van der Waals surface area (Å²) in [5.74, 6) is 2.09. The summed E-state index contributed by atoms with van der Waals surface area (Å²) >= 11 is 2.96. The van der Waals surface area contributed by atoms with Crippen molar-refractivity contribution >= 4 is 84.5 Å². The molecule has 1 N–H and O–H groups in total. The van der Waals surface area contributed by atoms with Crippen LogP contribution in [0.2, 0.25) is 0 Å². The molecule has 0 saturated carbocycles. The third-order valence-electron chi connectivity index (χ3n) is 12.7. The van der Waals surface area contributed by atoms with Crippen molar-refractivity contribution in [1.82, 2.24) is 4.90 Å². The van der Waals surface area contributed by atoms with E-state index in [1.54, 1.807) is 6.07 Å². The van der Waals surface area contributed by atoms with Gasteiger partial charge in [0.2, 0.25) is 10.7 Å². The van der Waals surface area contributed by atoms with Crippen molar-refractivity contribution in [2.45, 2.75) is 29.7 Å². The molecule has 4 amide bonds. The zero-order chi connectivity index (χ0) is 49.9. The van der Waals surface area contributed by atoms with Crippen molar-refractivity contribution in [2.24, 2.45) is 0 Å². The molecule has 72 heavy (non-hydrogen) atoms. The predicted molar refractivity (Wildman–Crippen MR) is 264 cm³/mol. The summed E-state index contributed by atoms with van der Waals surface area (Å²) in [4.78, 5) is 54.8. The van der Waals surface area contributed by atoms with Crippen LogP contribution in [0.15, 0.2) is 89.2 Å². The van der Waals surface area contributed by atoms with Gasteiger partial charge >= 0.3 is 0 Å². The van der Waals surface area contributed by atoms with E-state index in [1.165, 1.54) is 78.3 Å². The molecule has 21 heteroatoms. The minimum absolute atomic E-state index is 0.0201. The summed E-state index contributed by atoms with van der Waals surface area (Å²) < 4.78 is 90.3. The number of carbonyl (C=O) groups excluding carboxylic acids is 4. The number of rotatable bonds is 8. The molecule has 366 valence electrons. The van der Waals surface area contributed by atoms with Crippen LogP contribution < -0.4 is 42.4 Å². The van der Waals surface area contributed by atoms with Gasteiger partial charge in [-0.25, -0.2) is 4.90 Å². The number of nitrogens with zero attached hydrogens (tertiary/aromatic N) is 2. The second-order valence-electron chi connectivity index (χ2n) is 17.2. The third kappa shape index (κ3) is 7.39. The number of imide groups is 2. The van der Waals surface area contributed by atoms with E-state index in [0.717, 1.165) is 44.5 Å². The summed E-state index contributed by atoms with van der Waals surface area (Å²) in [5, 5.41) is -0.166. The number of fused-ring (bicyclic) bond motifs is 4. The van der Waals surface area contributed by atoms with E-state index in [2.05, 4.69) is 13.5 Å². The van der Waals surface area contributed by atoms with Gasteiger partial charge in [-0.2, -0.15) is 8.42 Å². The van der Waals surface area contributed by atoms with Crippen LogP contribution in [-0.4, -0.2) is 93.4 Å². The highest BCUT2D eigenvalue weighted by molar-refractivity contribution is 8.06. The second kappa shape index (κ2) is 17.2. The summed E-state index contributed by atoms with van der Waals surface area (Å²) in [6.07, 6.45) is 0. The largest absolute Gasteiger partial charge is 0.485 e. The van der Waals surface area contributed by atoms with Crippen molar-refractivity contribution in [3.63, 3.8) is 0 Å². The van der Waals surface area contributed by atoms with Gasteiger partial charge in [0.25, 0.3) is 33.7 Å². The van der Waals surface area contributed by atoms with Crippen LogP contribution in [0.5, 0.6) is 46.0 Å². The number of ether oxygens (including phenoxy) is 8.